The molecule has 24 heavy (non-hydrogen) atoms. The van der Waals surface area contributed by atoms with E-state index >= 15 is 0 Å². The van der Waals surface area contributed by atoms with Gasteiger partial charge in [0.05, 0.1) is 17.6 Å². The summed E-state index contributed by atoms with van der Waals surface area (Å²) in [7, 11) is -3.81. The minimum absolute atomic E-state index is 0.0542. The minimum Gasteiger partial charge on any atom is -0.374 e. The highest BCUT2D eigenvalue weighted by Gasteiger charge is 2.10. The summed E-state index contributed by atoms with van der Waals surface area (Å²) in [5.41, 5.74) is 1.79. The summed E-state index contributed by atoms with van der Waals surface area (Å²) >= 11 is 0. The molecule has 6 nitrogen and oxygen atoms in total. The molecule has 0 aromatic heterocycles. The zero-order valence-corrected chi connectivity index (χ0v) is 14.3. The van der Waals surface area contributed by atoms with Gasteiger partial charge in [-0.15, -0.1) is 0 Å². The Kier molecular flexibility index (Phi) is 5.71. The highest BCUT2D eigenvalue weighted by atomic mass is 32.2. The first-order valence-corrected chi connectivity index (χ1v) is 8.95. The standard InChI is InChI=1S/C17H20N2O4S/c1-12(2)23-11-13-6-8-14(9-7-13)17(20)19-15-4-3-5-16(10-15)24(18,21)22/h3-10,12H,11H2,1-2H3,(H,19,20)(H2,18,21,22). The number of nitrogens with two attached hydrogens (primary N) is 1. The summed E-state index contributed by atoms with van der Waals surface area (Å²) in [6.45, 7) is 4.39. The van der Waals surface area contributed by atoms with Gasteiger partial charge < -0.3 is 10.1 Å². The fraction of sp³-hybridized carbons (Fsp3) is 0.235. The highest BCUT2D eigenvalue weighted by molar-refractivity contribution is 7.89. The van der Waals surface area contributed by atoms with Crippen molar-refractivity contribution in [1.29, 1.82) is 0 Å². The van der Waals surface area contributed by atoms with Gasteiger partial charge in [-0.05, 0) is 49.7 Å². The predicted molar refractivity (Wildman–Crippen MR) is 92.1 cm³/mol. The number of carbonyl (C=O) groups is 1. The normalized spacial score (nSPS) is 11.5. The van der Waals surface area contributed by atoms with E-state index in [-0.39, 0.29) is 16.9 Å². The maximum atomic E-state index is 12.2. The molecule has 0 atom stereocenters. The van der Waals surface area contributed by atoms with Crippen molar-refractivity contribution in [1.82, 2.24) is 0 Å². The van der Waals surface area contributed by atoms with Crippen LogP contribution in [-0.2, 0) is 21.4 Å². The molecule has 0 saturated heterocycles. The molecule has 0 fully saturated rings. The zero-order chi connectivity index (χ0) is 17.7. The first-order valence-electron chi connectivity index (χ1n) is 7.40. The van der Waals surface area contributed by atoms with Gasteiger partial charge in [0.15, 0.2) is 0 Å². The molecule has 0 unspecified atom stereocenters. The molecule has 3 N–H and O–H groups in total. The van der Waals surface area contributed by atoms with E-state index in [1.165, 1.54) is 18.2 Å². The number of benzene rings is 2. The topological polar surface area (TPSA) is 98.5 Å². The van der Waals surface area contributed by atoms with Crippen molar-refractivity contribution in [3.63, 3.8) is 0 Å². The van der Waals surface area contributed by atoms with Gasteiger partial charge in [0.2, 0.25) is 10.0 Å². The van der Waals surface area contributed by atoms with Crippen molar-refractivity contribution in [3.8, 4) is 0 Å². The number of hydrogen-bond donors (Lipinski definition) is 2. The van der Waals surface area contributed by atoms with E-state index < -0.39 is 10.0 Å². The summed E-state index contributed by atoms with van der Waals surface area (Å²) in [4.78, 5) is 12.2. The predicted octanol–water partition coefficient (Wildman–Crippen LogP) is 2.51. The highest BCUT2D eigenvalue weighted by Crippen LogP contribution is 2.15. The lowest BCUT2D eigenvalue weighted by Gasteiger charge is -2.09. The molecular weight excluding hydrogens is 328 g/mol. The Balaban J connectivity index is 2.07. The number of primary sulfonamides is 1. The van der Waals surface area contributed by atoms with Crippen molar-refractivity contribution in [3.05, 3.63) is 59.7 Å². The molecule has 0 bridgehead atoms. The molecule has 0 aliphatic rings. The zero-order valence-electron chi connectivity index (χ0n) is 13.5. The molecule has 0 aliphatic heterocycles. The molecule has 128 valence electrons. The smallest absolute Gasteiger partial charge is 0.255 e. The number of anilines is 1. The summed E-state index contributed by atoms with van der Waals surface area (Å²) in [6, 6.07) is 12.8. The molecular formula is C17H20N2O4S. The van der Waals surface area contributed by atoms with Crippen LogP contribution >= 0.6 is 0 Å². The second-order valence-electron chi connectivity index (χ2n) is 5.58. The van der Waals surface area contributed by atoms with Crippen LogP contribution in [0.1, 0.15) is 29.8 Å². The van der Waals surface area contributed by atoms with Crippen LogP contribution in [0.25, 0.3) is 0 Å². The van der Waals surface area contributed by atoms with E-state index in [1.54, 1.807) is 18.2 Å². The van der Waals surface area contributed by atoms with Crippen LogP contribution in [0, 0.1) is 0 Å². The third kappa shape index (κ3) is 5.16. The summed E-state index contributed by atoms with van der Waals surface area (Å²) in [5.74, 6) is -0.335. The van der Waals surface area contributed by atoms with Crippen LogP contribution in [0.2, 0.25) is 0 Å². The van der Waals surface area contributed by atoms with Gasteiger partial charge in [-0.25, -0.2) is 13.6 Å². The van der Waals surface area contributed by atoms with E-state index in [2.05, 4.69) is 5.32 Å². The number of ether oxygens (including phenoxy) is 1. The largest absolute Gasteiger partial charge is 0.374 e. The van der Waals surface area contributed by atoms with E-state index in [4.69, 9.17) is 9.88 Å². The van der Waals surface area contributed by atoms with Crippen LogP contribution in [0.15, 0.2) is 53.4 Å². The first kappa shape index (κ1) is 18.1. The number of sulfonamides is 1. The Labute approximate surface area is 141 Å². The lowest BCUT2D eigenvalue weighted by Crippen LogP contribution is -2.15. The molecule has 2 aromatic carbocycles. The van der Waals surface area contributed by atoms with Gasteiger partial charge in [0, 0.05) is 11.3 Å². The number of hydrogen-bond acceptors (Lipinski definition) is 4. The summed E-state index contributed by atoms with van der Waals surface area (Å²) in [6.07, 6.45) is 0.138. The number of nitrogens with one attached hydrogen (secondary N) is 1. The van der Waals surface area contributed by atoms with Crippen LogP contribution in [0.3, 0.4) is 0 Å². The monoisotopic (exact) mass is 348 g/mol. The van der Waals surface area contributed by atoms with Crippen molar-refractivity contribution in [2.75, 3.05) is 5.32 Å². The molecule has 7 heteroatoms. The average Bonchev–Trinajstić information content (AvgIpc) is 2.53. The molecule has 0 radical (unpaired) electrons. The molecule has 0 saturated carbocycles. The minimum atomic E-state index is -3.81. The van der Waals surface area contributed by atoms with Crippen LogP contribution in [0.5, 0.6) is 0 Å². The van der Waals surface area contributed by atoms with Crippen molar-refractivity contribution in [2.45, 2.75) is 31.5 Å². The number of carbonyl (C=O) groups excluding carboxylic acids is 1. The van der Waals surface area contributed by atoms with E-state index in [1.807, 2.05) is 26.0 Å². The Hall–Kier alpha value is -2.22. The third-order valence-corrected chi connectivity index (χ3v) is 4.13. The Morgan fingerprint density at radius 3 is 2.42 bits per heavy atom. The molecule has 2 rings (SSSR count). The van der Waals surface area contributed by atoms with Crippen LogP contribution in [0.4, 0.5) is 5.69 Å². The molecule has 0 heterocycles. The third-order valence-electron chi connectivity index (χ3n) is 3.22. The van der Waals surface area contributed by atoms with Gasteiger partial charge in [-0.3, -0.25) is 4.79 Å². The molecule has 0 spiro atoms. The van der Waals surface area contributed by atoms with Gasteiger partial charge in [-0.2, -0.15) is 0 Å². The van der Waals surface area contributed by atoms with Gasteiger partial charge in [-0.1, -0.05) is 18.2 Å². The molecule has 1 amide bonds. The fourth-order valence-electron chi connectivity index (χ4n) is 1.97. The molecule has 0 aliphatic carbocycles. The van der Waals surface area contributed by atoms with Crippen molar-refractivity contribution in [2.24, 2.45) is 5.14 Å². The lowest BCUT2D eigenvalue weighted by atomic mass is 10.1. The van der Waals surface area contributed by atoms with Crippen LogP contribution < -0.4 is 10.5 Å². The van der Waals surface area contributed by atoms with Gasteiger partial charge >= 0.3 is 0 Å². The van der Waals surface area contributed by atoms with Crippen LogP contribution in [-0.4, -0.2) is 20.4 Å². The van der Waals surface area contributed by atoms with E-state index in [0.717, 1.165) is 5.56 Å². The fourth-order valence-corrected chi connectivity index (χ4v) is 2.53. The molecule has 2 aromatic rings. The quantitative estimate of drug-likeness (QED) is 0.838. The van der Waals surface area contributed by atoms with Gasteiger partial charge in [0.1, 0.15) is 0 Å². The van der Waals surface area contributed by atoms with E-state index in [0.29, 0.717) is 17.9 Å². The lowest BCUT2D eigenvalue weighted by molar-refractivity contribution is 0.0657. The second-order valence-corrected chi connectivity index (χ2v) is 7.15. The second kappa shape index (κ2) is 7.57. The summed E-state index contributed by atoms with van der Waals surface area (Å²) < 4.78 is 28.2. The van der Waals surface area contributed by atoms with Crippen molar-refractivity contribution >= 4 is 21.6 Å². The number of rotatable bonds is 6. The van der Waals surface area contributed by atoms with Gasteiger partial charge in [0.25, 0.3) is 5.91 Å². The Morgan fingerprint density at radius 1 is 1.17 bits per heavy atom. The van der Waals surface area contributed by atoms with E-state index in [9.17, 15) is 13.2 Å². The summed E-state index contributed by atoms with van der Waals surface area (Å²) in [5, 5.41) is 7.73. The van der Waals surface area contributed by atoms with Crippen molar-refractivity contribution < 1.29 is 17.9 Å². The maximum Gasteiger partial charge on any atom is 0.255 e. The average molecular weight is 348 g/mol. The first-order chi connectivity index (χ1) is 11.3. The maximum absolute atomic E-state index is 12.2. The SMILES string of the molecule is CC(C)OCc1ccc(C(=O)Nc2cccc(S(N)(=O)=O)c2)cc1. The number of amides is 1. The Bertz CT molecular complexity index is 815. The Morgan fingerprint density at radius 2 is 1.83 bits per heavy atom.